The Labute approximate surface area is 125 Å². The van der Waals surface area contributed by atoms with E-state index in [4.69, 9.17) is 4.74 Å². The van der Waals surface area contributed by atoms with Crippen molar-refractivity contribution in [1.82, 2.24) is 5.32 Å². The third kappa shape index (κ3) is 2.93. The quantitative estimate of drug-likeness (QED) is 0.920. The third-order valence-electron chi connectivity index (χ3n) is 3.69. The lowest BCUT2D eigenvalue weighted by Crippen LogP contribution is -2.68. The Morgan fingerprint density at radius 3 is 2.67 bits per heavy atom. The molecule has 1 unspecified atom stereocenters. The molecule has 5 heteroatoms. The molecule has 0 bridgehead atoms. The van der Waals surface area contributed by atoms with E-state index in [1.807, 2.05) is 31.2 Å². The van der Waals surface area contributed by atoms with Crippen LogP contribution in [0.1, 0.15) is 32.8 Å². The van der Waals surface area contributed by atoms with Crippen molar-refractivity contribution in [2.24, 2.45) is 0 Å². The van der Waals surface area contributed by atoms with Crippen LogP contribution in [0, 0.1) is 0 Å². The molecule has 1 aromatic carbocycles. The molecule has 0 aromatic heterocycles. The van der Waals surface area contributed by atoms with Gasteiger partial charge in [0.25, 0.3) is 5.91 Å². The van der Waals surface area contributed by atoms with Gasteiger partial charge in [-0.25, -0.2) is 0 Å². The zero-order valence-corrected chi connectivity index (χ0v) is 13.0. The summed E-state index contributed by atoms with van der Waals surface area (Å²) in [6.07, 6.45) is 0.572. The number of benzene rings is 1. The molecular weight excluding hydrogens is 268 g/mol. The summed E-state index contributed by atoms with van der Waals surface area (Å²) in [5.41, 5.74) is 0.825. The average molecular weight is 290 g/mol. The SMILES string of the molecule is CCC1C(=O)NC(C)(C)C(=O)N1c1cccc(COC)c1. The van der Waals surface area contributed by atoms with E-state index < -0.39 is 11.6 Å². The highest BCUT2D eigenvalue weighted by atomic mass is 16.5. The first-order valence-corrected chi connectivity index (χ1v) is 7.14. The van der Waals surface area contributed by atoms with Crippen molar-refractivity contribution in [1.29, 1.82) is 0 Å². The van der Waals surface area contributed by atoms with E-state index in [0.29, 0.717) is 13.0 Å². The molecule has 1 fully saturated rings. The monoisotopic (exact) mass is 290 g/mol. The van der Waals surface area contributed by atoms with Crippen LogP contribution in [-0.2, 0) is 20.9 Å². The van der Waals surface area contributed by atoms with Crippen LogP contribution >= 0.6 is 0 Å². The van der Waals surface area contributed by atoms with E-state index >= 15 is 0 Å². The molecule has 2 rings (SSSR count). The third-order valence-corrected chi connectivity index (χ3v) is 3.69. The van der Waals surface area contributed by atoms with Crippen LogP contribution in [0.2, 0.25) is 0 Å². The summed E-state index contributed by atoms with van der Waals surface area (Å²) >= 11 is 0. The van der Waals surface area contributed by atoms with Gasteiger partial charge in [-0.15, -0.1) is 0 Å². The van der Waals surface area contributed by atoms with Crippen molar-refractivity contribution in [2.45, 2.75) is 45.4 Å². The predicted octanol–water partition coefficient (Wildman–Crippen LogP) is 1.85. The first-order chi connectivity index (χ1) is 9.90. The second-order valence-corrected chi connectivity index (χ2v) is 5.82. The molecule has 1 aliphatic heterocycles. The number of amides is 2. The Balaban J connectivity index is 2.44. The van der Waals surface area contributed by atoms with E-state index in [1.54, 1.807) is 25.9 Å². The Bertz CT molecular complexity index is 554. The standard InChI is InChI=1S/C16H22N2O3/c1-5-13-14(19)17-16(2,3)15(20)18(13)12-8-6-7-11(9-12)10-21-4/h6-9,13H,5,10H2,1-4H3,(H,17,19). The van der Waals surface area contributed by atoms with Crippen LogP contribution in [0.4, 0.5) is 5.69 Å². The van der Waals surface area contributed by atoms with Gasteiger partial charge in [0, 0.05) is 12.8 Å². The number of carbonyl (C=O) groups excluding carboxylic acids is 2. The number of piperazine rings is 1. The van der Waals surface area contributed by atoms with Gasteiger partial charge in [0.15, 0.2) is 0 Å². The highest BCUT2D eigenvalue weighted by Gasteiger charge is 2.45. The number of nitrogens with zero attached hydrogens (tertiary/aromatic N) is 1. The van der Waals surface area contributed by atoms with Crippen LogP contribution in [0.15, 0.2) is 24.3 Å². The van der Waals surface area contributed by atoms with Crippen LogP contribution in [0.25, 0.3) is 0 Å². The van der Waals surface area contributed by atoms with Gasteiger partial charge in [-0.1, -0.05) is 19.1 Å². The van der Waals surface area contributed by atoms with Gasteiger partial charge in [0.05, 0.1) is 6.61 Å². The molecule has 0 aliphatic carbocycles. The molecule has 1 saturated heterocycles. The molecule has 1 heterocycles. The van der Waals surface area contributed by atoms with Gasteiger partial charge in [0.1, 0.15) is 11.6 Å². The number of rotatable bonds is 4. The van der Waals surface area contributed by atoms with Gasteiger partial charge in [0.2, 0.25) is 5.91 Å². The number of nitrogens with one attached hydrogen (secondary N) is 1. The summed E-state index contributed by atoms with van der Waals surface area (Å²) in [5.74, 6) is -0.206. The minimum atomic E-state index is -0.889. The molecule has 0 saturated carbocycles. The molecule has 5 nitrogen and oxygen atoms in total. The molecule has 114 valence electrons. The maximum absolute atomic E-state index is 12.7. The highest BCUT2D eigenvalue weighted by molar-refractivity contribution is 6.10. The lowest BCUT2D eigenvalue weighted by molar-refractivity contribution is -0.137. The van der Waals surface area contributed by atoms with Crippen molar-refractivity contribution in [3.8, 4) is 0 Å². The zero-order valence-electron chi connectivity index (χ0n) is 13.0. The Hall–Kier alpha value is -1.88. The Morgan fingerprint density at radius 1 is 1.33 bits per heavy atom. The fourth-order valence-corrected chi connectivity index (χ4v) is 2.63. The summed E-state index contributed by atoms with van der Waals surface area (Å²) in [7, 11) is 1.63. The van der Waals surface area contributed by atoms with Crippen molar-refractivity contribution in [3.05, 3.63) is 29.8 Å². The van der Waals surface area contributed by atoms with E-state index in [1.165, 1.54) is 0 Å². The van der Waals surface area contributed by atoms with Gasteiger partial charge in [-0.2, -0.15) is 0 Å². The van der Waals surface area contributed by atoms with Crippen LogP contribution in [0.5, 0.6) is 0 Å². The summed E-state index contributed by atoms with van der Waals surface area (Å²) in [6, 6.07) is 7.10. The molecule has 1 aromatic rings. The van der Waals surface area contributed by atoms with Crippen molar-refractivity contribution in [3.63, 3.8) is 0 Å². The number of anilines is 1. The lowest BCUT2D eigenvalue weighted by Gasteiger charge is -2.42. The molecule has 2 amide bonds. The topological polar surface area (TPSA) is 58.6 Å². The fraction of sp³-hybridized carbons (Fsp3) is 0.500. The summed E-state index contributed by atoms with van der Waals surface area (Å²) in [5, 5.41) is 2.79. The normalized spacial score (nSPS) is 21.3. The first kappa shape index (κ1) is 15.5. The van der Waals surface area contributed by atoms with Gasteiger partial charge in [-0.05, 0) is 38.0 Å². The largest absolute Gasteiger partial charge is 0.380 e. The van der Waals surface area contributed by atoms with E-state index in [9.17, 15) is 9.59 Å². The molecular formula is C16H22N2O3. The number of ether oxygens (including phenoxy) is 1. The van der Waals surface area contributed by atoms with Crippen LogP contribution in [0.3, 0.4) is 0 Å². The molecule has 0 radical (unpaired) electrons. The first-order valence-electron chi connectivity index (χ1n) is 7.14. The minimum Gasteiger partial charge on any atom is -0.380 e. The number of methoxy groups -OCH3 is 1. The molecule has 21 heavy (non-hydrogen) atoms. The fourth-order valence-electron chi connectivity index (χ4n) is 2.63. The van der Waals surface area contributed by atoms with E-state index in [-0.39, 0.29) is 11.8 Å². The van der Waals surface area contributed by atoms with Crippen LogP contribution in [-0.4, -0.2) is 30.5 Å². The Kier molecular flexibility index (Phi) is 4.32. The lowest BCUT2D eigenvalue weighted by atomic mass is 9.95. The van der Waals surface area contributed by atoms with Crippen molar-refractivity contribution in [2.75, 3.05) is 12.0 Å². The number of carbonyl (C=O) groups is 2. The van der Waals surface area contributed by atoms with Gasteiger partial charge < -0.3 is 10.1 Å². The van der Waals surface area contributed by atoms with E-state index in [0.717, 1.165) is 11.3 Å². The summed E-state index contributed by atoms with van der Waals surface area (Å²) in [6.45, 7) is 5.83. The average Bonchev–Trinajstić information content (AvgIpc) is 2.42. The second-order valence-electron chi connectivity index (χ2n) is 5.82. The van der Waals surface area contributed by atoms with Crippen molar-refractivity contribution >= 4 is 17.5 Å². The minimum absolute atomic E-state index is 0.0940. The second kappa shape index (κ2) is 5.85. The van der Waals surface area contributed by atoms with Crippen molar-refractivity contribution < 1.29 is 14.3 Å². The smallest absolute Gasteiger partial charge is 0.252 e. The Morgan fingerprint density at radius 2 is 2.05 bits per heavy atom. The highest BCUT2D eigenvalue weighted by Crippen LogP contribution is 2.27. The number of hydrogen-bond acceptors (Lipinski definition) is 3. The van der Waals surface area contributed by atoms with E-state index in [2.05, 4.69) is 5.32 Å². The molecule has 1 atom stereocenters. The van der Waals surface area contributed by atoms with Gasteiger partial charge >= 0.3 is 0 Å². The maximum Gasteiger partial charge on any atom is 0.252 e. The van der Waals surface area contributed by atoms with Gasteiger partial charge in [-0.3, -0.25) is 14.5 Å². The molecule has 0 spiro atoms. The predicted molar refractivity (Wildman–Crippen MR) is 80.9 cm³/mol. The molecule has 1 aliphatic rings. The number of hydrogen-bond donors (Lipinski definition) is 1. The van der Waals surface area contributed by atoms with Crippen LogP contribution < -0.4 is 10.2 Å². The maximum atomic E-state index is 12.7. The summed E-state index contributed by atoms with van der Waals surface area (Å²) in [4.78, 5) is 26.6. The summed E-state index contributed by atoms with van der Waals surface area (Å²) < 4.78 is 5.13. The molecule has 1 N–H and O–H groups in total. The zero-order chi connectivity index (χ0) is 15.6.